The van der Waals surface area contributed by atoms with Gasteiger partial charge in [0.15, 0.2) is 10.2 Å². The zero-order valence-corrected chi connectivity index (χ0v) is 20.0. The van der Waals surface area contributed by atoms with E-state index in [1.165, 1.54) is 0 Å². The molecule has 0 radical (unpaired) electrons. The fraction of sp³-hybridized carbons (Fsp3) is 0.263. The molecule has 1 aliphatic heterocycles. The quantitative estimate of drug-likeness (QED) is 0.457. The van der Waals surface area contributed by atoms with Gasteiger partial charge in [0.25, 0.3) is 0 Å². The summed E-state index contributed by atoms with van der Waals surface area (Å²) in [4.78, 5) is 4.25. The van der Waals surface area contributed by atoms with Crippen LogP contribution in [0.1, 0.15) is 6.92 Å². The average molecular weight is 508 g/mol. The molecule has 0 saturated carbocycles. The van der Waals surface area contributed by atoms with Crippen LogP contribution in [0.15, 0.2) is 36.4 Å². The molecule has 2 N–H and O–H groups in total. The summed E-state index contributed by atoms with van der Waals surface area (Å²) in [5.74, 6) is 0. The van der Waals surface area contributed by atoms with Gasteiger partial charge in [-0.3, -0.25) is 0 Å². The van der Waals surface area contributed by atoms with Crippen molar-refractivity contribution in [2.24, 2.45) is 0 Å². The highest BCUT2D eigenvalue weighted by Crippen LogP contribution is 2.26. The number of benzene rings is 2. The second kappa shape index (κ2) is 9.86. The number of piperazine rings is 1. The molecule has 2 aromatic rings. The number of rotatable bonds is 2. The normalized spacial score (nSPS) is 16.5. The molecule has 1 saturated heterocycles. The highest BCUT2D eigenvalue weighted by atomic mass is 35.5. The number of hydrogen-bond acceptors (Lipinski definition) is 2. The van der Waals surface area contributed by atoms with Crippen LogP contribution in [0, 0.1) is 0 Å². The van der Waals surface area contributed by atoms with Crippen LogP contribution in [-0.2, 0) is 0 Å². The summed E-state index contributed by atoms with van der Waals surface area (Å²) in [5.41, 5.74) is 1.60. The minimum atomic E-state index is 0.167. The first-order valence-corrected chi connectivity index (χ1v) is 11.1. The van der Waals surface area contributed by atoms with Gasteiger partial charge in [-0.05, 0) is 67.8 Å². The van der Waals surface area contributed by atoms with E-state index in [1.807, 2.05) is 12.1 Å². The molecule has 0 spiro atoms. The van der Waals surface area contributed by atoms with Gasteiger partial charge in [0.05, 0.1) is 20.1 Å². The third kappa shape index (κ3) is 5.78. The van der Waals surface area contributed by atoms with Crippen LogP contribution in [0.4, 0.5) is 11.4 Å². The lowest BCUT2D eigenvalue weighted by molar-refractivity contribution is 0.200. The van der Waals surface area contributed by atoms with E-state index in [0.717, 1.165) is 31.0 Å². The van der Waals surface area contributed by atoms with Crippen LogP contribution >= 0.6 is 70.8 Å². The Morgan fingerprint density at radius 3 is 1.83 bits per heavy atom. The molecule has 1 aliphatic rings. The number of halogens is 4. The molecular weight excluding hydrogens is 490 g/mol. The monoisotopic (exact) mass is 506 g/mol. The van der Waals surface area contributed by atoms with Crippen LogP contribution in [0.25, 0.3) is 0 Å². The Labute approximate surface area is 201 Å². The maximum Gasteiger partial charge on any atom is 0.173 e. The van der Waals surface area contributed by atoms with E-state index in [2.05, 4.69) is 27.4 Å². The predicted molar refractivity (Wildman–Crippen MR) is 133 cm³/mol. The largest absolute Gasteiger partial charge is 0.345 e. The Kier molecular flexibility index (Phi) is 7.70. The molecule has 0 aromatic heterocycles. The lowest BCUT2D eigenvalue weighted by Gasteiger charge is -2.42. The Bertz CT molecular complexity index is 940. The average Bonchev–Trinajstić information content (AvgIpc) is 2.67. The standard InChI is InChI=1S/C19H18Cl4N4S2/c1-11-10-26(18(28)24-12-2-4-14(20)16(22)8-12)6-7-27(11)19(29)25-13-3-5-15(21)17(23)9-13/h2-5,8-9,11H,6-7,10H2,1H3,(H,24,28)(H,25,29)/t11-/m1/s1. The van der Waals surface area contributed by atoms with E-state index in [1.54, 1.807) is 24.3 Å². The highest BCUT2D eigenvalue weighted by molar-refractivity contribution is 7.80. The summed E-state index contributed by atoms with van der Waals surface area (Å²) in [7, 11) is 0. The van der Waals surface area contributed by atoms with Crippen molar-refractivity contribution in [2.45, 2.75) is 13.0 Å². The summed E-state index contributed by atoms with van der Waals surface area (Å²) >= 11 is 35.2. The smallest absolute Gasteiger partial charge is 0.173 e. The van der Waals surface area contributed by atoms with Crippen LogP contribution < -0.4 is 10.6 Å². The summed E-state index contributed by atoms with van der Waals surface area (Å²) in [6.07, 6.45) is 0. The third-order valence-electron chi connectivity index (χ3n) is 4.52. The minimum Gasteiger partial charge on any atom is -0.345 e. The van der Waals surface area contributed by atoms with Crippen molar-refractivity contribution in [1.29, 1.82) is 0 Å². The molecule has 2 aromatic carbocycles. The molecule has 0 amide bonds. The lowest BCUT2D eigenvalue weighted by atomic mass is 10.2. The molecule has 1 heterocycles. The zero-order valence-electron chi connectivity index (χ0n) is 15.4. The van der Waals surface area contributed by atoms with Gasteiger partial charge in [0.2, 0.25) is 0 Å². The molecule has 10 heteroatoms. The van der Waals surface area contributed by atoms with Crippen molar-refractivity contribution in [1.82, 2.24) is 9.80 Å². The number of anilines is 2. The van der Waals surface area contributed by atoms with Crippen molar-refractivity contribution in [2.75, 3.05) is 30.3 Å². The van der Waals surface area contributed by atoms with Gasteiger partial charge in [-0.1, -0.05) is 46.4 Å². The molecule has 4 nitrogen and oxygen atoms in total. The molecule has 0 bridgehead atoms. The van der Waals surface area contributed by atoms with Crippen molar-refractivity contribution in [3.63, 3.8) is 0 Å². The van der Waals surface area contributed by atoms with Crippen molar-refractivity contribution >= 4 is 92.4 Å². The first kappa shape index (κ1) is 22.7. The summed E-state index contributed by atoms with van der Waals surface area (Å²) < 4.78 is 0. The van der Waals surface area contributed by atoms with Gasteiger partial charge in [-0.15, -0.1) is 0 Å². The third-order valence-corrected chi connectivity index (χ3v) is 6.69. The second-order valence-electron chi connectivity index (χ2n) is 6.61. The van der Waals surface area contributed by atoms with Gasteiger partial charge in [0, 0.05) is 37.1 Å². The van der Waals surface area contributed by atoms with Crippen LogP contribution in [-0.4, -0.2) is 45.7 Å². The molecular formula is C19H18Cl4N4S2. The van der Waals surface area contributed by atoms with E-state index in [4.69, 9.17) is 70.8 Å². The van der Waals surface area contributed by atoms with Crippen LogP contribution in [0.5, 0.6) is 0 Å². The van der Waals surface area contributed by atoms with Crippen LogP contribution in [0.2, 0.25) is 20.1 Å². The Morgan fingerprint density at radius 2 is 1.34 bits per heavy atom. The summed E-state index contributed by atoms with van der Waals surface area (Å²) in [5, 5.41) is 9.70. The zero-order chi connectivity index (χ0) is 21.1. The van der Waals surface area contributed by atoms with E-state index in [0.29, 0.717) is 30.3 Å². The summed E-state index contributed by atoms with van der Waals surface area (Å²) in [6.45, 7) is 4.31. The Hall–Kier alpha value is -1.02. The maximum absolute atomic E-state index is 6.08. The first-order valence-electron chi connectivity index (χ1n) is 8.78. The Balaban J connectivity index is 1.57. The van der Waals surface area contributed by atoms with Gasteiger partial charge in [-0.2, -0.15) is 0 Å². The topological polar surface area (TPSA) is 30.5 Å². The maximum atomic E-state index is 6.08. The fourth-order valence-electron chi connectivity index (χ4n) is 2.99. The van der Waals surface area contributed by atoms with E-state index in [-0.39, 0.29) is 6.04 Å². The predicted octanol–water partition coefficient (Wildman–Crippen LogP) is 6.40. The van der Waals surface area contributed by atoms with Crippen molar-refractivity contribution < 1.29 is 0 Å². The van der Waals surface area contributed by atoms with Crippen LogP contribution in [0.3, 0.4) is 0 Å². The van der Waals surface area contributed by atoms with E-state index in [9.17, 15) is 0 Å². The van der Waals surface area contributed by atoms with Gasteiger partial charge in [0.1, 0.15) is 0 Å². The molecule has 0 aliphatic carbocycles. The first-order chi connectivity index (χ1) is 13.7. The second-order valence-corrected chi connectivity index (χ2v) is 9.01. The lowest BCUT2D eigenvalue weighted by Crippen LogP contribution is -2.57. The molecule has 3 rings (SSSR count). The molecule has 154 valence electrons. The number of thiocarbonyl (C=S) groups is 2. The SMILES string of the molecule is C[C@@H]1CN(C(=S)Nc2ccc(Cl)c(Cl)c2)CCN1C(=S)Nc1ccc(Cl)c(Cl)c1. The van der Waals surface area contributed by atoms with E-state index < -0.39 is 0 Å². The number of hydrogen-bond donors (Lipinski definition) is 2. The minimum absolute atomic E-state index is 0.167. The molecule has 29 heavy (non-hydrogen) atoms. The van der Waals surface area contributed by atoms with Crippen molar-refractivity contribution in [3.05, 3.63) is 56.5 Å². The van der Waals surface area contributed by atoms with E-state index >= 15 is 0 Å². The molecule has 1 fully saturated rings. The molecule has 1 atom stereocenters. The van der Waals surface area contributed by atoms with Crippen molar-refractivity contribution in [3.8, 4) is 0 Å². The van der Waals surface area contributed by atoms with Gasteiger partial charge < -0.3 is 20.4 Å². The summed E-state index contributed by atoms with van der Waals surface area (Å²) in [6, 6.07) is 10.8. The van der Waals surface area contributed by atoms with Gasteiger partial charge >= 0.3 is 0 Å². The Morgan fingerprint density at radius 1 is 0.828 bits per heavy atom. The number of nitrogens with zero attached hydrogens (tertiary/aromatic N) is 2. The fourth-order valence-corrected chi connectivity index (χ4v) is 4.26. The number of nitrogens with one attached hydrogen (secondary N) is 2. The highest BCUT2D eigenvalue weighted by Gasteiger charge is 2.27. The van der Waals surface area contributed by atoms with Gasteiger partial charge in [-0.25, -0.2) is 0 Å². The molecule has 0 unspecified atom stereocenters.